The summed E-state index contributed by atoms with van der Waals surface area (Å²) in [4.78, 5) is 11.2. The Hall–Kier alpha value is -1.74. The minimum Gasteiger partial charge on any atom is -0.479 e. The molecule has 0 saturated heterocycles. The van der Waals surface area contributed by atoms with Crippen LogP contribution in [0.3, 0.4) is 0 Å². The van der Waals surface area contributed by atoms with Crippen molar-refractivity contribution < 1.29 is 9.53 Å². The Labute approximate surface area is 103 Å². The van der Waals surface area contributed by atoms with Gasteiger partial charge in [-0.15, -0.1) is 0 Å². The highest BCUT2D eigenvalue weighted by molar-refractivity contribution is 6.36. The van der Waals surface area contributed by atoms with E-state index in [1.54, 1.807) is 0 Å². The Morgan fingerprint density at radius 1 is 1.35 bits per heavy atom. The Morgan fingerprint density at radius 2 is 2.06 bits per heavy atom. The summed E-state index contributed by atoms with van der Waals surface area (Å²) in [5.41, 5.74) is 6.20. The second kappa shape index (κ2) is 3.64. The van der Waals surface area contributed by atoms with Gasteiger partial charge in [-0.1, -0.05) is 35.9 Å². The molecule has 3 rings (SSSR count). The van der Waals surface area contributed by atoms with Crippen molar-refractivity contribution in [3.8, 4) is 5.75 Å². The van der Waals surface area contributed by atoms with Crippen molar-refractivity contribution in [3.05, 3.63) is 40.9 Å². The third-order valence-electron chi connectivity index (χ3n) is 3.00. The number of hydrogen-bond donors (Lipinski definition) is 1. The lowest BCUT2D eigenvalue weighted by Crippen LogP contribution is -2.31. The zero-order valence-corrected chi connectivity index (χ0v) is 9.70. The summed E-state index contributed by atoms with van der Waals surface area (Å²) < 4.78 is 5.60. The molecule has 2 aromatic carbocycles. The molecule has 0 aromatic heterocycles. The minimum atomic E-state index is -0.577. The second-order valence-electron chi connectivity index (χ2n) is 4.11. The number of carbonyl (C=O) groups excluding carboxylic acids is 1. The third-order valence-corrected chi connectivity index (χ3v) is 3.32. The molecule has 0 bridgehead atoms. The van der Waals surface area contributed by atoms with Crippen molar-refractivity contribution in [1.82, 2.24) is 0 Å². The van der Waals surface area contributed by atoms with E-state index in [9.17, 15) is 4.79 Å². The molecular formula is C13H10ClNO2. The lowest BCUT2D eigenvalue weighted by molar-refractivity contribution is -0.123. The van der Waals surface area contributed by atoms with E-state index in [0.717, 1.165) is 22.1 Å². The van der Waals surface area contributed by atoms with E-state index in [-0.39, 0.29) is 0 Å². The van der Waals surface area contributed by atoms with Gasteiger partial charge in [0.15, 0.2) is 6.10 Å². The number of benzene rings is 2. The van der Waals surface area contributed by atoms with Gasteiger partial charge in [0.25, 0.3) is 5.91 Å². The first-order chi connectivity index (χ1) is 8.16. The fourth-order valence-corrected chi connectivity index (χ4v) is 2.49. The first-order valence-corrected chi connectivity index (χ1v) is 5.70. The number of halogens is 1. The van der Waals surface area contributed by atoms with Gasteiger partial charge in [-0.2, -0.15) is 0 Å². The van der Waals surface area contributed by atoms with E-state index in [1.165, 1.54) is 0 Å². The molecule has 0 radical (unpaired) electrons. The summed E-state index contributed by atoms with van der Waals surface area (Å²) in [7, 11) is 0. The van der Waals surface area contributed by atoms with Gasteiger partial charge in [0.1, 0.15) is 5.75 Å². The molecule has 2 N–H and O–H groups in total. The van der Waals surface area contributed by atoms with Gasteiger partial charge in [-0.3, -0.25) is 4.79 Å². The molecule has 1 heterocycles. The Bertz CT molecular complexity index is 624. The molecule has 17 heavy (non-hydrogen) atoms. The van der Waals surface area contributed by atoms with Crippen molar-refractivity contribution in [2.24, 2.45) is 5.73 Å². The van der Waals surface area contributed by atoms with Crippen LogP contribution in [0.2, 0.25) is 5.02 Å². The predicted octanol–water partition coefficient (Wildman–Crippen LogP) is 2.28. The van der Waals surface area contributed by atoms with Crippen LogP contribution in [-0.2, 0) is 11.2 Å². The van der Waals surface area contributed by atoms with Gasteiger partial charge in [0, 0.05) is 27.8 Å². The van der Waals surface area contributed by atoms with Crippen molar-refractivity contribution in [2.45, 2.75) is 12.5 Å². The van der Waals surface area contributed by atoms with Gasteiger partial charge in [0.2, 0.25) is 0 Å². The summed E-state index contributed by atoms with van der Waals surface area (Å²) in [6.45, 7) is 0. The van der Waals surface area contributed by atoms with Crippen LogP contribution in [0, 0.1) is 0 Å². The molecule has 0 fully saturated rings. The maximum absolute atomic E-state index is 11.2. The summed E-state index contributed by atoms with van der Waals surface area (Å²) in [5, 5.41) is 2.53. The summed E-state index contributed by atoms with van der Waals surface area (Å²) in [5.74, 6) is 0.287. The lowest BCUT2D eigenvalue weighted by atomic mass is 10.0. The third kappa shape index (κ3) is 1.54. The normalized spacial score (nSPS) is 17.8. The van der Waals surface area contributed by atoms with Crippen LogP contribution >= 0.6 is 11.6 Å². The monoisotopic (exact) mass is 247 g/mol. The minimum absolute atomic E-state index is 0.443. The molecule has 1 unspecified atom stereocenters. The molecule has 0 spiro atoms. The molecule has 0 aliphatic carbocycles. The number of amides is 1. The number of rotatable bonds is 1. The molecule has 1 aliphatic heterocycles. The van der Waals surface area contributed by atoms with E-state index in [1.807, 2.05) is 30.3 Å². The van der Waals surface area contributed by atoms with Crippen LogP contribution in [0.1, 0.15) is 5.56 Å². The second-order valence-corrected chi connectivity index (χ2v) is 4.51. The fraction of sp³-hybridized carbons (Fsp3) is 0.154. The number of hydrogen-bond acceptors (Lipinski definition) is 2. The zero-order chi connectivity index (χ0) is 12.0. The largest absolute Gasteiger partial charge is 0.479 e. The van der Waals surface area contributed by atoms with Crippen LogP contribution in [0.5, 0.6) is 5.75 Å². The smallest absolute Gasteiger partial charge is 0.258 e. The number of nitrogens with two attached hydrogens (primary N) is 1. The lowest BCUT2D eigenvalue weighted by Gasteiger charge is -2.08. The molecular weight excluding hydrogens is 238 g/mol. The predicted molar refractivity (Wildman–Crippen MR) is 66.3 cm³/mol. The van der Waals surface area contributed by atoms with Crippen LogP contribution in [0.15, 0.2) is 30.3 Å². The average Bonchev–Trinajstić information content (AvgIpc) is 2.73. The van der Waals surface area contributed by atoms with Gasteiger partial charge in [-0.05, 0) is 6.07 Å². The first kappa shape index (κ1) is 10.4. The SMILES string of the molecule is NC(=O)C1Cc2cc(Cl)c3ccccc3c2O1. The molecule has 1 atom stereocenters. The highest BCUT2D eigenvalue weighted by atomic mass is 35.5. The highest BCUT2D eigenvalue weighted by Gasteiger charge is 2.29. The topological polar surface area (TPSA) is 52.3 Å². The van der Waals surface area contributed by atoms with Gasteiger partial charge in [-0.25, -0.2) is 0 Å². The fourth-order valence-electron chi connectivity index (χ4n) is 2.19. The standard InChI is InChI=1S/C13H10ClNO2/c14-10-5-7-6-11(13(15)16)17-12(7)9-4-2-1-3-8(9)10/h1-5,11H,6H2,(H2,15,16). The van der Waals surface area contributed by atoms with Gasteiger partial charge >= 0.3 is 0 Å². The zero-order valence-electron chi connectivity index (χ0n) is 8.94. The Morgan fingerprint density at radius 3 is 2.76 bits per heavy atom. The van der Waals surface area contributed by atoms with Crippen LogP contribution < -0.4 is 10.5 Å². The quantitative estimate of drug-likeness (QED) is 0.841. The summed E-state index contributed by atoms with van der Waals surface area (Å²) >= 11 is 6.20. The van der Waals surface area contributed by atoms with E-state index < -0.39 is 12.0 Å². The number of carbonyl (C=O) groups is 1. The first-order valence-electron chi connectivity index (χ1n) is 5.33. The van der Waals surface area contributed by atoms with E-state index in [0.29, 0.717) is 11.4 Å². The maximum atomic E-state index is 11.2. The number of primary amides is 1. The van der Waals surface area contributed by atoms with Crippen LogP contribution in [-0.4, -0.2) is 12.0 Å². The van der Waals surface area contributed by atoms with Crippen LogP contribution in [0.4, 0.5) is 0 Å². The van der Waals surface area contributed by atoms with Crippen molar-refractivity contribution >= 4 is 28.3 Å². The summed E-state index contributed by atoms with van der Waals surface area (Å²) in [6, 6.07) is 9.55. The highest BCUT2D eigenvalue weighted by Crippen LogP contribution is 2.39. The molecule has 1 amide bonds. The van der Waals surface area contributed by atoms with Crippen molar-refractivity contribution in [1.29, 1.82) is 0 Å². The van der Waals surface area contributed by atoms with Gasteiger partial charge < -0.3 is 10.5 Å². The molecule has 86 valence electrons. The Kier molecular flexibility index (Phi) is 2.23. The van der Waals surface area contributed by atoms with E-state index in [4.69, 9.17) is 22.1 Å². The molecule has 2 aromatic rings. The van der Waals surface area contributed by atoms with Crippen molar-refractivity contribution in [2.75, 3.05) is 0 Å². The van der Waals surface area contributed by atoms with E-state index in [2.05, 4.69) is 0 Å². The number of fused-ring (bicyclic) bond motifs is 3. The molecule has 1 aliphatic rings. The summed E-state index contributed by atoms with van der Waals surface area (Å²) in [6.07, 6.45) is -0.0817. The van der Waals surface area contributed by atoms with Gasteiger partial charge in [0.05, 0.1) is 0 Å². The Balaban J connectivity index is 2.23. The van der Waals surface area contributed by atoms with Crippen LogP contribution in [0.25, 0.3) is 10.8 Å². The molecule has 3 nitrogen and oxygen atoms in total. The maximum Gasteiger partial charge on any atom is 0.258 e. The average molecular weight is 248 g/mol. The van der Waals surface area contributed by atoms with Crippen molar-refractivity contribution in [3.63, 3.8) is 0 Å². The molecule has 4 heteroatoms. The molecule has 0 saturated carbocycles. The number of ether oxygens (including phenoxy) is 1. The van der Waals surface area contributed by atoms with E-state index >= 15 is 0 Å².